The average molecular weight is 482 g/mol. The summed E-state index contributed by atoms with van der Waals surface area (Å²) >= 11 is 6.02. The van der Waals surface area contributed by atoms with Crippen LogP contribution in [-0.2, 0) is 4.79 Å². The highest BCUT2D eigenvalue weighted by Crippen LogP contribution is 2.23. The molecule has 0 saturated heterocycles. The van der Waals surface area contributed by atoms with E-state index in [0.717, 1.165) is 0 Å². The molecule has 9 nitrogen and oxygen atoms in total. The summed E-state index contributed by atoms with van der Waals surface area (Å²) in [6.45, 7) is 0. The van der Waals surface area contributed by atoms with Gasteiger partial charge in [-0.25, -0.2) is 0 Å². The van der Waals surface area contributed by atoms with Gasteiger partial charge in [-0.1, -0.05) is 23.7 Å². The van der Waals surface area contributed by atoms with Crippen molar-refractivity contribution in [3.05, 3.63) is 98.7 Å². The lowest BCUT2D eigenvalue weighted by Crippen LogP contribution is -2.31. The van der Waals surface area contributed by atoms with Gasteiger partial charge in [0.2, 0.25) is 0 Å². The maximum atomic E-state index is 13.1. The van der Waals surface area contributed by atoms with E-state index in [0.29, 0.717) is 22.0 Å². The Morgan fingerprint density at radius 2 is 1.74 bits per heavy atom. The molecule has 10 heteroatoms. The second-order valence-corrected chi connectivity index (χ2v) is 7.33. The molecule has 0 fully saturated rings. The van der Waals surface area contributed by atoms with Crippen molar-refractivity contribution in [1.29, 1.82) is 0 Å². The number of nitro benzene ring substituents is 1. The van der Waals surface area contributed by atoms with Crippen LogP contribution >= 0.6 is 11.6 Å². The Morgan fingerprint density at radius 1 is 1.00 bits per heavy atom. The number of anilines is 1. The molecule has 34 heavy (non-hydrogen) atoms. The number of methoxy groups -OCH3 is 2. The molecule has 0 bridgehead atoms. The van der Waals surface area contributed by atoms with E-state index >= 15 is 0 Å². The highest BCUT2D eigenvalue weighted by molar-refractivity contribution is 6.31. The van der Waals surface area contributed by atoms with Gasteiger partial charge in [-0.05, 0) is 54.1 Å². The van der Waals surface area contributed by atoms with Crippen molar-refractivity contribution >= 4 is 40.9 Å². The Morgan fingerprint density at radius 3 is 2.38 bits per heavy atom. The number of hydrogen-bond donors (Lipinski definition) is 2. The van der Waals surface area contributed by atoms with E-state index in [-0.39, 0.29) is 22.7 Å². The first-order valence-electron chi connectivity index (χ1n) is 9.87. The highest BCUT2D eigenvalue weighted by Gasteiger charge is 2.19. The molecule has 174 valence electrons. The van der Waals surface area contributed by atoms with E-state index < -0.39 is 16.7 Å². The van der Waals surface area contributed by atoms with Gasteiger partial charge in [0.1, 0.15) is 17.2 Å². The topological polar surface area (TPSA) is 120 Å². The normalized spacial score (nSPS) is 10.9. The number of non-ortho nitro benzene ring substituents is 1. The van der Waals surface area contributed by atoms with Gasteiger partial charge in [0.25, 0.3) is 17.5 Å². The third kappa shape index (κ3) is 6.11. The van der Waals surface area contributed by atoms with E-state index in [9.17, 15) is 19.7 Å². The van der Waals surface area contributed by atoms with Crippen LogP contribution in [0.25, 0.3) is 6.08 Å². The van der Waals surface area contributed by atoms with Crippen LogP contribution in [0.4, 0.5) is 11.4 Å². The standard InChI is InChI=1S/C24H20ClN3O6/c1-33-19-9-7-17(8-10-19)26-24(30)21(13-15-4-3-5-18(12-15)28(31)32)27-23(29)20-14-16(25)6-11-22(20)34-2/h3-14H,1-2H3,(H,26,30)(H,27,29). The molecular weight excluding hydrogens is 462 g/mol. The molecule has 0 aliphatic rings. The fourth-order valence-electron chi connectivity index (χ4n) is 2.97. The van der Waals surface area contributed by atoms with E-state index in [1.807, 2.05) is 0 Å². The van der Waals surface area contributed by atoms with E-state index in [4.69, 9.17) is 21.1 Å². The van der Waals surface area contributed by atoms with Crippen LogP contribution in [0.1, 0.15) is 15.9 Å². The van der Waals surface area contributed by atoms with Crippen LogP contribution in [0.15, 0.2) is 72.4 Å². The van der Waals surface area contributed by atoms with E-state index in [2.05, 4.69) is 10.6 Å². The summed E-state index contributed by atoms with van der Waals surface area (Å²) in [6, 6.07) is 16.7. The minimum absolute atomic E-state index is 0.109. The van der Waals surface area contributed by atoms with E-state index in [1.54, 1.807) is 36.4 Å². The molecule has 0 aromatic heterocycles. The SMILES string of the molecule is COc1ccc(NC(=O)C(=Cc2cccc([N+](=O)[O-])c2)NC(=O)c2cc(Cl)ccc2OC)cc1. The van der Waals surface area contributed by atoms with Gasteiger partial charge in [0.15, 0.2) is 0 Å². The second kappa shape index (κ2) is 11.0. The summed E-state index contributed by atoms with van der Waals surface area (Å²) in [7, 11) is 2.92. The molecule has 3 aromatic rings. The molecule has 0 aliphatic carbocycles. The van der Waals surface area contributed by atoms with Gasteiger partial charge in [-0.3, -0.25) is 19.7 Å². The molecule has 0 unspecified atom stereocenters. The van der Waals surface area contributed by atoms with Crippen LogP contribution in [0.5, 0.6) is 11.5 Å². The summed E-state index contributed by atoms with van der Waals surface area (Å²) < 4.78 is 10.3. The summed E-state index contributed by atoms with van der Waals surface area (Å²) in [5, 5.41) is 16.7. The van der Waals surface area contributed by atoms with Crippen LogP contribution in [0, 0.1) is 10.1 Å². The van der Waals surface area contributed by atoms with Crippen LogP contribution in [0.3, 0.4) is 0 Å². The smallest absolute Gasteiger partial charge is 0.272 e. The summed E-state index contributed by atoms with van der Waals surface area (Å²) in [5.74, 6) is -0.439. The molecule has 3 aromatic carbocycles. The Kier molecular flexibility index (Phi) is 7.83. The first-order valence-corrected chi connectivity index (χ1v) is 10.2. The molecule has 2 N–H and O–H groups in total. The average Bonchev–Trinajstić information content (AvgIpc) is 2.84. The number of halogens is 1. The lowest BCUT2D eigenvalue weighted by Gasteiger charge is -2.13. The zero-order chi connectivity index (χ0) is 24.7. The molecule has 0 heterocycles. The number of nitro groups is 1. The number of nitrogens with one attached hydrogen (secondary N) is 2. The molecule has 3 rings (SSSR count). The predicted octanol–water partition coefficient (Wildman–Crippen LogP) is 4.68. The Bertz CT molecular complexity index is 1260. The number of amides is 2. The number of hydrogen-bond acceptors (Lipinski definition) is 6. The first-order chi connectivity index (χ1) is 16.3. The predicted molar refractivity (Wildman–Crippen MR) is 128 cm³/mol. The maximum absolute atomic E-state index is 13.1. The van der Waals surface area contributed by atoms with Crippen molar-refractivity contribution in [1.82, 2.24) is 5.32 Å². The van der Waals surface area contributed by atoms with Gasteiger partial charge < -0.3 is 20.1 Å². The number of rotatable bonds is 8. The monoisotopic (exact) mass is 481 g/mol. The molecule has 0 spiro atoms. The van der Waals surface area contributed by atoms with Crippen molar-refractivity contribution in [2.75, 3.05) is 19.5 Å². The highest BCUT2D eigenvalue weighted by atomic mass is 35.5. The van der Waals surface area contributed by atoms with Crippen LogP contribution < -0.4 is 20.1 Å². The maximum Gasteiger partial charge on any atom is 0.272 e. The summed E-state index contributed by atoms with van der Waals surface area (Å²) in [5.41, 5.74) is 0.588. The fraction of sp³-hybridized carbons (Fsp3) is 0.0833. The minimum atomic E-state index is -0.652. The third-order valence-corrected chi connectivity index (χ3v) is 4.87. The zero-order valence-corrected chi connectivity index (χ0v) is 19.0. The van der Waals surface area contributed by atoms with Gasteiger partial charge >= 0.3 is 0 Å². The van der Waals surface area contributed by atoms with Crippen molar-refractivity contribution in [3.63, 3.8) is 0 Å². The Balaban J connectivity index is 1.96. The molecule has 0 saturated carbocycles. The minimum Gasteiger partial charge on any atom is -0.497 e. The molecule has 2 amide bonds. The van der Waals surface area contributed by atoms with Gasteiger partial charge in [0.05, 0.1) is 24.7 Å². The number of carbonyl (C=O) groups is 2. The Hall–Kier alpha value is -4.37. The Labute approximate surface area is 200 Å². The van der Waals surface area contributed by atoms with Crippen LogP contribution in [-0.4, -0.2) is 31.0 Å². The molecule has 0 radical (unpaired) electrons. The van der Waals surface area contributed by atoms with Crippen molar-refractivity contribution in [2.45, 2.75) is 0 Å². The first kappa shape index (κ1) is 24.3. The summed E-state index contributed by atoms with van der Waals surface area (Å²) in [4.78, 5) is 36.6. The zero-order valence-electron chi connectivity index (χ0n) is 18.2. The lowest BCUT2D eigenvalue weighted by molar-refractivity contribution is -0.384. The quantitative estimate of drug-likeness (QED) is 0.274. The summed E-state index contributed by atoms with van der Waals surface area (Å²) in [6.07, 6.45) is 1.33. The van der Waals surface area contributed by atoms with Crippen molar-refractivity contribution in [3.8, 4) is 11.5 Å². The van der Waals surface area contributed by atoms with Crippen LogP contribution in [0.2, 0.25) is 5.02 Å². The lowest BCUT2D eigenvalue weighted by atomic mass is 10.1. The van der Waals surface area contributed by atoms with Gasteiger partial charge in [-0.2, -0.15) is 0 Å². The van der Waals surface area contributed by atoms with E-state index in [1.165, 1.54) is 50.6 Å². The molecule has 0 atom stereocenters. The number of benzene rings is 3. The van der Waals surface area contributed by atoms with Gasteiger partial charge in [0, 0.05) is 22.8 Å². The van der Waals surface area contributed by atoms with Crippen molar-refractivity contribution < 1.29 is 24.0 Å². The molecular formula is C24H20ClN3O6. The van der Waals surface area contributed by atoms with Crippen molar-refractivity contribution in [2.24, 2.45) is 0 Å². The third-order valence-electron chi connectivity index (χ3n) is 4.64. The number of carbonyl (C=O) groups excluding carboxylic acids is 2. The van der Waals surface area contributed by atoms with Gasteiger partial charge in [-0.15, -0.1) is 0 Å². The largest absolute Gasteiger partial charge is 0.497 e. The number of nitrogens with zero attached hydrogens (tertiary/aromatic N) is 1. The number of ether oxygens (including phenoxy) is 2. The fourth-order valence-corrected chi connectivity index (χ4v) is 3.15. The second-order valence-electron chi connectivity index (χ2n) is 6.89. The molecule has 0 aliphatic heterocycles.